The Balaban J connectivity index is 1.27. The highest BCUT2D eigenvalue weighted by molar-refractivity contribution is 7.89. The van der Waals surface area contributed by atoms with E-state index >= 15 is 0 Å². The van der Waals surface area contributed by atoms with Crippen molar-refractivity contribution in [3.63, 3.8) is 0 Å². The van der Waals surface area contributed by atoms with Gasteiger partial charge >= 0.3 is 5.97 Å². The predicted octanol–water partition coefficient (Wildman–Crippen LogP) is 5.23. The number of aliphatic carboxylic acids is 1. The zero-order valence-electron chi connectivity index (χ0n) is 31.7. The fourth-order valence-corrected chi connectivity index (χ4v) is 9.51. The maximum absolute atomic E-state index is 14.7. The second-order valence-electron chi connectivity index (χ2n) is 15.4. The van der Waals surface area contributed by atoms with Gasteiger partial charge in [0.15, 0.2) is 5.65 Å². The number of likely N-dealkylation sites (tertiary alicyclic amines) is 1. The quantitative estimate of drug-likeness (QED) is 0.211. The summed E-state index contributed by atoms with van der Waals surface area (Å²) in [4.78, 5) is 24.5. The Kier molecular flexibility index (Phi) is 10.6. The third-order valence-corrected chi connectivity index (χ3v) is 13.1. The number of ether oxygens (including phenoxy) is 3. The first-order chi connectivity index (χ1) is 26.1. The first-order valence-electron chi connectivity index (χ1n) is 18.6. The number of pyridine rings is 3. The van der Waals surface area contributed by atoms with Crippen molar-refractivity contribution in [2.75, 3.05) is 46.0 Å². The van der Waals surface area contributed by atoms with E-state index < -0.39 is 45.2 Å². The number of sulfonamides is 1. The number of hydrogen-bond acceptors (Lipinski definition) is 11. The molecule has 0 amide bonds. The molecule has 0 aromatic carbocycles. The number of carbonyl (C=O) groups is 1. The zero-order valence-corrected chi connectivity index (χ0v) is 32.5. The van der Waals surface area contributed by atoms with E-state index in [0.29, 0.717) is 72.1 Å². The Morgan fingerprint density at radius 2 is 1.82 bits per heavy atom. The second kappa shape index (κ2) is 15.0. The maximum Gasteiger partial charge on any atom is 0.310 e. The van der Waals surface area contributed by atoms with Crippen molar-refractivity contribution in [2.24, 2.45) is 5.41 Å². The number of alkyl halides is 2. The van der Waals surface area contributed by atoms with Gasteiger partial charge in [0.1, 0.15) is 17.1 Å². The van der Waals surface area contributed by atoms with Gasteiger partial charge < -0.3 is 19.3 Å². The summed E-state index contributed by atoms with van der Waals surface area (Å²) >= 11 is 0. The van der Waals surface area contributed by atoms with Gasteiger partial charge in [0.05, 0.1) is 25.2 Å². The van der Waals surface area contributed by atoms with Gasteiger partial charge in [-0.2, -0.15) is 9.29 Å². The van der Waals surface area contributed by atoms with Gasteiger partial charge in [0, 0.05) is 55.5 Å². The molecule has 4 aromatic rings. The van der Waals surface area contributed by atoms with Gasteiger partial charge in [0.25, 0.3) is 6.43 Å². The van der Waals surface area contributed by atoms with E-state index in [-0.39, 0.29) is 29.5 Å². The smallest absolute Gasteiger partial charge is 0.310 e. The second-order valence-corrected chi connectivity index (χ2v) is 17.3. The normalized spacial score (nSPS) is 19.3. The van der Waals surface area contributed by atoms with Crippen LogP contribution in [0.1, 0.15) is 91.2 Å². The molecule has 3 aliphatic heterocycles. The summed E-state index contributed by atoms with van der Waals surface area (Å²) < 4.78 is 77.7. The van der Waals surface area contributed by atoms with Crippen LogP contribution in [0, 0.1) is 26.2 Å². The first kappa shape index (κ1) is 38.9. The number of aryl methyl sites for hydroxylation is 3. The molecule has 17 heteroatoms. The lowest BCUT2D eigenvalue weighted by Gasteiger charge is -2.38. The largest absolute Gasteiger partial charge is 0.481 e. The highest BCUT2D eigenvalue weighted by atomic mass is 32.2. The summed E-state index contributed by atoms with van der Waals surface area (Å²) in [5, 5.41) is 18.1. The minimum Gasteiger partial charge on any atom is -0.481 e. The molecule has 4 aromatic heterocycles. The number of carboxylic acids is 1. The molecule has 7 heterocycles. The van der Waals surface area contributed by atoms with Gasteiger partial charge in [-0.3, -0.25) is 19.1 Å². The molecule has 0 radical (unpaired) electrons. The van der Waals surface area contributed by atoms with Crippen molar-refractivity contribution in [3.05, 3.63) is 69.9 Å². The lowest BCUT2D eigenvalue weighted by atomic mass is 9.71. The van der Waals surface area contributed by atoms with Crippen LogP contribution in [0.25, 0.3) is 5.65 Å². The van der Waals surface area contributed by atoms with Crippen LogP contribution in [-0.4, -0.2) is 105 Å². The summed E-state index contributed by atoms with van der Waals surface area (Å²) in [5.74, 6) is -2.19. The number of nitrogens with zero attached hydrogens (tertiary/aromatic N) is 7. The number of aromatic nitrogens is 5. The van der Waals surface area contributed by atoms with E-state index in [1.54, 1.807) is 52.1 Å². The van der Waals surface area contributed by atoms with Crippen LogP contribution < -0.4 is 9.47 Å². The fourth-order valence-electron chi connectivity index (χ4n) is 7.88. The molecule has 0 bridgehead atoms. The summed E-state index contributed by atoms with van der Waals surface area (Å²) in [6.07, 6.45) is 3.36. The third-order valence-electron chi connectivity index (χ3n) is 11.3. The van der Waals surface area contributed by atoms with E-state index in [0.717, 1.165) is 32.5 Å². The van der Waals surface area contributed by atoms with Crippen molar-refractivity contribution in [1.82, 2.24) is 33.8 Å². The monoisotopic (exact) mass is 783 g/mol. The molecule has 2 saturated heterocycles. The van der Waals surface area contributed by atoms with Gasteiger partial charge in [-0.1, -0.05) is 0 Å². The van der Waals surface area contributed by atoms with Crippen LogP contribution in [0.3, 0.4) is 0 Å². The Morgan fingerprint density at radius 3 is 2.51 bits per heavy atom. The summed E-state index contributed by atoms with van der Waals surface area (Å²) in [5.41, 5.74) is 1.02. The number of fused-ring (bicyclic) bond motifs is 2. The molecule has 1 N–H and O–H groups in total. The van der Waals surface area contributed by atoms with E-state index in [9.17, 15) is 27.1 Å². The van der Waals surface area contributed by atoms with Crippen LogP contribution in [0.15, 0.2) is 35.5 Å². The average Bonchev–Trinajstić information content (AvgIpc) is 3.81. The predicted molar refractivity (Wildman–Crippen MR) is 196 cm³/mol. The SMILES string of the molecule is Cc1cnc(C(c2ccn3c(C(F)F)nnc3c2C)C(C)(C)C(=O)O)cc1CN1CC2(CCOCC2)Oc2nc(OCCN3CCCC3)c(C)cc2S1(=O)=O. The minimum absolute atomic E-state index is 0.00377. The Hall–Kier alpha value is -4.32. The first-order valence-corrected chi connectivity index (χ1v) is 20.0. The van der Waals surface area contributed by atoms with Crippen LogP contribution in [0.2, 0.25) is 0 Å². The van der Waals surface area contributed by atoms with E-state index in [4.69, 9.17) is 19.2 Å². The Labute approximate surface area is 318 Å². The molecular formula is C38H47F2N7O7S. The Morgan fingerprint density at radius 1 is 1.09 bits per heavy atom. The molecule has 2 fully saturated rings. The summed E-state index contributed by atoms with van der Waals surface area (Å²) in [7, 11) is -4.20. The van der Waals surface area contributed by atoms with Crippen LogP contribution in [0.4, 0.5) is 8.78 Å². The zero-order chi connectivity index (χ0) is 39.3. The summed E-state index contributed by atoms with van der Waals surface area (Å²) in [6.45, 7) is 12.4. The molecule has 55 heavy (non-hydrogen) atoms. The topological polar surface area (TPSA) is 162 Å². The highest BCUT2D eigenvalue weighted by Crippen LogP contribution is 2.44. The van der Waals surface area contributed by atoms with Gasteiger partial charge in [-0.25, -0.2) is 17.2 Å². The highest BCUT2D eigenvalue weighted by Gasteiger charge is 2.47. The third kappa shape index (κ3) is 7.38. The van der Waals surface area contributed by atoms with Gasteiger partial charge in [0.2, 0.25) is 27.6 Å². The molecule has 7 rings (SSSR count). The van der Waals surface area contributed by atoms with E-state index in [2.05, 4.69) is 20.1 Å². The van der Waals surface area contributed by atoms with Crippen LogP contribution in [0.5, 0.6) is 11.8 Å². The van der Waals surface area contributed by atoms with Crippen molar-refractivity contribution in [1.29, 1.82) is 0 Å². The van der Waals surface area contributed by atoms with E-state index in [1.807, 2.05) is 6.92 Å². The molecule has 296 valence electrons. The standard InChI is InChI=1S/C38H47F2N7O7S/c1-23-18-29-35(42-34(23)53-17-14-45-11-6-7-12-45)54-38(9-15-52-16-10-38)22-46(55(29,50)51)21-26-19-28(41-20-24(26)2)30(37(4,5)36(48)49)27-8-13-47-32(25(27)3)43-44-33(47)31(39)40/h8,13,18-20,30-31H,6-7,9-12,14-17,21-22H2,1-5H3,(H,48,49). The van der Waals surface area contributed by atoms with E-state index in [1.165, 1.54) is 14.9 Å². The molecule has 0 saturated carbocycles. The molecule has 1 unspecified atom stereocenters. The number of halogens is 2. The van der Waals surface area contributed by atoms with Gasteiger partial charge in [-0.05, 0) is 101 Å². The van der Waals surface area contributed by atoms with Crippen LogP contribution in [-0.2, 0) is 26.1 Å². The molecule has 0 aliphatic carbocycles. The molecule has 1 atom stereocenters. The Bertz CT molecular complexity index is 2200. The van der Waals surface area contributed by atoms with Crippen molar-refractivity contribution >= 4 is 21.6 Å². The van der Waals surface area contributed by atoms with Crippen molar-refractivity contribution in [2.45, 2.75) is 89.7 Å². The molecule has 14 nitrogen and oxygen atoms in total. The fraction of sp³-hybridized carbons (Fsp3) is 0.553. The molecule has 3 aliphatic rings. The minimum atomic E-state index is -4.20. The van der Waals surface area contributed by atoms with Crippen molar-refractivity contribution in [3.8, 4) is 11.8 Å². The number of hydrogen-bond donors (Lipinski definition) is 1. The maximum atomic E-state index is 14.7. The summed E-state index contributed by atoms with van der Waals surface area (Å²) in [6, 6.07) is 4.89. The van der Waals surface area contributed by atoms with Gasteiger partial charge in [-0.15, -0.1) is 10.2 Å². The lowest BCUT2D eigenvalue weighted by Crippen LogP contribution is -2.50. The van der Waals surface area contributed by atoms with Crippen LogP contribution >= 0.6 is 0 Å². The molecule has 1 spiro atoms. The van der Waals surface area contributed by atoms with Crippen molar-refractivity contribution < 1.29 is 41.3 Å². The number of rotatable bonds is 11. The lowest BCUT2D eigenvalue weighted by molar-refractivity contribution is -0.147. The average molecular weight is 784 g/mol. The molecular weight excluding hydrogens is 737 g/mol. The number of carboxylic acid groups (broad SMARTS) is 1.